The van der Waals surface area contributed by atoms with E-state index < -0.39 is 11.7 Å². The van der Waals surface area contributed by atoms with Crippen LogP contribution in [0.1, 0.15) is 25.0 Å². The molecule has 3 rings (SSSR count). The molecule has 0 fully saturated rings. The van der Waals surface area contributed by atoms with Crippen LogP contribution in [0.3, 0.4) is 0 Å². The molecule has 4 heteroatoms. The molecule has 1 aliphatic rings. The highest BCUT2D eigenvalue weighted by Gasteiger charge is 2.36. The summed E-state index contributed by atoms with van der Waals surface area (Å²) in [7, 11) is 0. The Kier molecular flexibility index (Phi) is 3.01. The zero-order chi connectivity index (χ0) is 15.3. The Labute approximate surface area is 122 Å². The molecule has 0 bridgehead atoms. The Morgan fingerprint density at radius 2 is 1.71 bits per heavy atom. The van der Waals surface area contributed by atoms with Gasteiger partial charge in [0, 0.05) is 23.3 Å². The average molecular weight is 291 g/mol. The van der Waals surface area contributed by atoms with Crippen molar-refractivity contribution in [3.05, 3.63) is 59.7 Å². The summed E-state index contributed by atoms with van der Waals surface area (Å²) in [4.78, 5) is 1.96. The second-order valence-electron chi connectivity index (χ2n) is 6.04. The van der Waals surface area contributed by atoms with Gasteiger partial charge in [-0.3, -0.25) is 0 Å². The van der Waals surface area contributed by atoms with E-state index in [0.717, 1.165) is 11.8 Å². The lowest BCUT2D eigenvalue weighted by atomic mass is 9.87. The first-order valence-corrected chi connectivity index (χ1v) is 6.83. The Morgan fingerprint density at radius 1 is 1.00 bits per heavy atom. The quantitative estimate of drug-likeness (QED) is 0.703. The monoisotopic (exact) mass is 291 g/mol. The van der Waals surface area contributed by atoms with Crippen molar-refractivity contribution in [2.24, 2.45) is 0 Å². The lowest BCUT2D eigenvalue weighted by Gasteiger charge is -2.23. The molecule has 0 unspecified atom stereocenters. The van der Waals surface area contributed by atoms with E-state index in [1.807, 2.05) is 29.2 Å². The second-order valence-corrected chi connectivity index (χ2v) is 6.04. The number of halogens is 3. The van der Waals surface area contributed by atoms with Gasteiger partial charge in [0.25, 0.3) is 0 Å². The molecule has 0 aliphatic carbocycles. The fourth-order valence-electron chi connectivity index (χ4n) is 2.93. The molecule has 0 saturated heterocycles. The number of para-hydroxylation sites is 1. The van der Waals surface area contributed by atoms with E-state index in [1.165, 1.54) is 17.7 Å². The summed E-state index contributed by atoms with van der Waals surface area (Å²) in [5.41, 5.74) is 2.06. The van der Waals surface area contributed by atoms with Gasteiger partial charge in [-0.25, -0.2) is 0 Å². The van der Waals surface area contributed by atoms with Crippen LogP contribution in [0.5, 0.6) is 0 Å². The fraction of sp³-hybridized carbons (Fsp3) is 0.294. The van der Waals surface area contributed by atoms with Crippen LogP contribution in [0.25, 0.3) is 0 Å². The van der Waals surface area contributed by atoms with Crippen LogP contribution in [0.15, 0.2) is 48.5 Å². The maximum atomic E-state index is 12.9. The van der Waals surface area contributed by atoms with Crippen molar-refractivity contribution in [3.8, 4) is 0 Å². The highest BCUT2D eigenvalue weighted by atomic mass is 19.4. The van der Waals surface area contributed by atoms with Crippen LogP contribution in [0.2, 0.25) is 0 Å². The Balaban J connectivity index is 2.07. The van der Waals surface area contributed by atoms with Crippen molar-refractivity contribution >= 4 is 11.4 Å². The van der Waals surface area contributed by atoms with E-state index in [-0.39, 0.29) is 5.41 Å². The number of rotatable bonds is 1. The van der Waals surface area contributed by atoms with E-state index in [0.29, 0.717) is 12.2 Å². The standard InChI is InChI=1S/C17H16F3N/c1-16(2)11-21(15-9-4-3-8-14(15)16)13-7-5-6-12(10-13)17(18,19)20/h3-10H,11H2,1-2H3. The van der Waals surface area contributed by atoms with Gasteiger partial charge < -0.3 is 4.90 Å². The van der Waals surface area contributed by atoms with Crippen molar-refractivity contribution in [3.63, 3.8) is 0 Å². The van der Waals surface area contributed by atoms with Gasteiger partial charge in [0.2, 0.25) is 0 Å². The van der Waals surface area contributed by atoms with Crippen molar-refractivity contribution < 1.29 is 13.2 Å². The molecule has 0 N–H and O–H groups in total. The lowest BCUT2D eigenvalue weighted by Crippen LogP contribution is -2.25. The van der Waals surface area contributed by atoms with Crippen LogP contribution < -0.4 is 4.90 Å². The number of fused-ring (bicyclic) bond motifs is 1. The molecule has 1 heterocycles. The molecule has 0 saturated carbocycles. The van der Waals surface area contributed by atoms with Gasteiger partial charge in [-0.05, 0) is 29.8 Å². The van der Waals surface area contributed by atoms with Gasteiger partial charge >= 0.3 is 6.18 Å². The first kappa shape index (κ1) is 14.0. The summed E-state index contributed by atoms with van der Waals surface area (Å²) in [6.45, 7) is 4.90. The van der Waals surface area contributed by atoms with Crippen molar-refractivity contribution in [2.45, 2.75) is 25.4 Å². The fourth-order valence-corrected chi connectivity index (χ4v) is 2.93. The lowest BCUT2D eigenvalue weighted by molar-refractivity contribution is -0.137. The minimum Gasteiger partial charge on any atom is -0.340 e. The number of benzene rings is 2. The smallest absolute Gasteiger partial charge is 0.340 e. The summed E-state index contributed by atoms with van der Waals surface area (Å²) < 4.78 is 38.7. The Bertz CT molecular complexity index is 674. The summed E-state index contributed by atoms with van der Waals surface area (Å²) in [6, 6.07) is 13.4. The van der Waals surface area contributed by atoms with Crippen LogP contribution >= 0.6 is 0 Å². The van der Waals surface area contributed by atoms with E-state index >= 15 is 0 Å². The molecule has 0 amide bonds. The van der Waals surface area contributed by atoms with Gasteiger partial charge in [-0.1, -0.05) is 38.1 Å². The van der Waals surface area contributed by atoms with Crippen LogP contribution in [0.4, 0.5) is 24.5 Å². The third-order valence-electron chi connectivity index (χ3n) is 3.96. The average Bonchev–Trinajstić information content (AvgIpc) is 2.71. The molecule has 1 nitrogen and oxygen atoms in total. The van der Waals surface area contributed by atoms with Crippen molar-refractivity contribution in [2.75, 3.05) is 11.4 Å². The molecular formula is C17H16F3N. The van der Waals surface area contributed by atoms with Crippen LogP contribution in [-0.4, -0.2) is 6.54 Å². The highest BCUT2D eigenvalue weighted by molar-refractivity contribution is 5.72. The van der Waals surface area contributed by atoms with E-state index in [4.69, 9.17) is 0 Å². The van der Waals surface area contributed by atoms with Crippen LogP contribution in [-0.2, 0) is 11.6 Å². The molecule has 2 aromatic carbocycles. The van der Waals surface area contributed by atoms with Gasteiger partial charge in [-0.2, -0.15) is 13.2 Å². The summed E-state index contributed by atoms with van der Waals surface area (Å²) in [5.74, 6) is 0. The second kappa shape index (κ2) is 4.52. The number of alkyl halides is 3. The summed E-state index contributed by atoms with van der Waals surface area (Å²) >= 11 is 0. The van der Waals surface area contributed by atoms with E-state index in [9.17, 15) is 13.2 Å². The number of hydrogen-bond acceptors (Lipinski definition) is 1. The Hall–Kier alpha value is -1.97. The van der Waals surface area contributed by atoms with Crippen molar-refractivity contribution in [1.29, 1.82) is 0 Å². The van der Waals surface area contributed by atoms with E-state index in [2.05, 4.69) is 13.8 Å². The molecule has 0 radical (unpaired) electrons. The number of nitrogens with zero attached hydrogens (tertiary/aromatic N) is 1. The van der Waals surface area contributed by atoms with Gasteiger partial charge in [0.1, 0.15) is 0 Å². The van der Waals surface area contributed by atoms with Gasteiger partial charge in [0.05, 0.1) is 5.56 Å². The molecule has 0 aromatic heterocycles. The third-order valence-corrected chi connectivity index (χ3v) is 3.96. The van der Waals surface area contributed by atoms with Gasteiger partial charge in [-0.15, -0.1) is 0 Å². The number of hydrogen-bond donors (Lipinski definition) is 0. The van der Waals surface area contributed by atoms with Crippen LogP contribution in [0, 0.1) is 0 Å². The summed E-state index contributed by atoms with van der Waals surface area (Å²) in [6.07, 6.45) is -4.31. The molecule has 21 heavy (non-hydrogen) atoms. The molecule has 0 atom stereocenters. The maximum absolute atomic E-state index is 12.9. The highest BCUT2D eigenvalue weighted by Crippen LogP contribution is 2.44. The largest absolute Gasteiger partial charge is 0.416 e. The predicted molar refractivity (Wildman–Crippen MR) is 77.9 cm³/mol. The molecular weight excluding hydrogens is 275 g/mol. The van der Waals surface area contributed by atoms with Crippen molar-refractivity contribution in [1.82, 2.24) is 0 Å². The topological polar surface area (TPSA) is 3.24 Å². The van der Waals surface area contributed by atoms with Gasteiger partial charge in [0.15, 0.2) is 0 Å². The Morgan fingerprint density at radius 3 is 2.43 bits per heavy atom. The molecule has 1 aliphatic heterocycles. The maximum Gasteiger partial charge on any atom is 0.416 e. The zero-order valence-electron chi connectivity index (χ0n) is 11.9. The van der Waals surface area contributed by atoms with E-state index in [1.54, 1.807) is 6.07 Å². The molecule has 110 valence electrons. The minimum absolute atomic E-state index is 0.0785. The SMILES string of the molecule is CC1(C)CN(c2cccc(C(F)(F)F)c2)c2ccccc21. The molecule has 0 spiro atoms. The zero-order valence-corrected chi connectivity index (χ0v) is 11.9. The number of anilines is 2. The molecule has 2 aromatic rings. The first-order valence-electron chi connectivity index (χ1n) is 6.83. The first-order chi connectivity index (χ1) is 9.79. The normalized spacial score (nSPS) is 16.9. The predicted octanol–water partition coefficient (Wildman–Crippen LogP) is 5.13. The third kappa shape index (κ3) is 2.39. The minimum atomic E-state index is -4.31. The summed E-state index contributed by atoms with van der Waals surface area (Å²) in [5, 5.41) is 0.